The summed E-state index contributed by atoms with van der Waals surface area (Å²) in [6, 6.07) is 13.2. The molecule has 1 aromatic carbocycles. The van der Waals surface area contributed by atoms with Crippen molar-refractivity contribution in [1.29, 1.82) is 0 Å². The summed E-state index contributed by atoms with van der Waals surface area (Å²) in [5.41, 5.74) is 7.51. The van der Waals surface area contributed by atoms with Crippen LogP contribution in [0.5, 0.6) is 0 Å². The van der Waals surface area contributed by atoms with Crippen molar-refractivity contribution in [3.63, 3.8) is 0 Å². The number of amides is 1. The molecule has 1 aromatic heterocycles. The first kappa shape index (κ1) is 15.5. The molecule has 23 heavy (non-hydrogen) atoms. The number of rotatable bonds is 2. The lowest BCUT2D eigenvalue weighted by atomic mass is 9.91. The molecule has 2 aromatic rings. The predicted octanol–water partition coefficient (Wildman–Crippen LogP) is 2.79. The molecule has 0 bridgehead atoms. The summed E-state index contributed by atoms with van der Waals surface area (Å²) in [4.78, 5) is 22.6. The Labute approximate surface area is 139 Å². The van der Waals surface area contributed by atoms with Gasteiger partial charge in [-0.15, -0.1) is 0 Å². The zero-order valence-electron chi connectivity index (χ0n) is 13.0. The van der Waals surface area contributed by atoms with Crippen LogP contribution in [0.3, 0.4) is 0 Å². The molecule has 1 aliphatic rings. The molecule has 0 radical (unpaired) electrons. The van der Waals surface area contributed by atoms with E-state index in [4.69, 9.17) is 17.3 Å². The van der Waals surface area contributed by atoms with Crippen LogP contribution < -0.4 is 5.73 Å². The Bertz CT molecular complexity index is 805. The molecule has 0 saturated carbocycles. The standard InChI is InChI=1S/C17H17ClN4O/c1-17(10-15(23)22(2)16(19)21-17)14-8-4-7-13(20-14)11-5-3-6-12(18)9-11/h3-9H,10H2,1-2H3,(H2,19,21)/t17-/m0/s1. The van der Waals surface area contributed by atoms with Crippen LogP contribution in [-0.2, 0) is 10.3 Å². The fraction of sp³-hybridized carbons (Fsp3) is 0.235. The van der Waals surface area contributed by atoms with E-state index in [0.717, 1.165) is 11.3 Å². The fourth-order valence-electron chi connectivity index (χ4n) is 2.60. The van der Waals surface area contributed by atoms with Crippen LogP contribution in [-0.4, -0.2) is 28.8 Å². The Balaban J connectivity index is 2.05. The fourth-order valence-corrected chi connectivity index (χ4v) is 2.79. The second-order valence-corrected chi connectivity index (χ2v) is 6.23. The van der Waals surface area contributed by atoms with Gasteiger partial charge < -0.3 is 5.73 Å². The highest BCUT2D eigenvalue weighted by molar-refractivity contribution is 6.30. The molecular formula is C17H17ClN4O. The SMILES string of the molecule is CN1C(=O)C[C@@](C)(c2cccc(-c3cccc(Cl)c3)n2)N=C1N. The predicted molar refractivity (Wildman–Crippen MR) is 91.0 cm³/mol. The van der Waals surface area contributed by atoms with Crippen molar-refractivity contribution < 1.29 is 4.79 Å². The van der Waals surface area contributed by atoms with Gasteiger partial charge in [-0.1, -0.05) is 29.8 Å². The van der Waals surface area contributed by atoms with E-state index in [1.54, 1.807) is 7.05 Å². The molecule has 0 fully saturated rings. The molecule has 5 nitrogen and oxygen atoms in total. The Morgan fingerprint density at radius 3 is 2.70 bits per heavy atom. The van der Waals surface area contributed by atoms with Gasteiger partial charge in [-0.25, -0.2) is 4.99 Å². The number of guanidine groups is 1. The largest absolute Gasteiger partial charge is 0.369 e. The third-order valence-corrected chi connectivity index (χ3v) is 4.23. The molecule has 1 amide bonds. The molecule has 2 heterocycles. The van der Waals surface area contributed by atoms with Gasteiger partial charge in [0.15, 0.2) is 5.96 Å². The Morgan fingerprint density at radius 1 is 1.26 bits per heavy atom. The van der Waals surface area contributed by atoms with E-state index in [9.17, 15) is 4.79 Å². The minimum atomic E-state index is -0.762. The first-order chi connectivity index (χ1) is 10.9. The second kappa shape index (κ2) is 5.66. The Hall–Kier alpha value is -2.40. The van der Waals surface area contributed by atoms with E-state index < -0.39 is 5.54 Å². The van der Waals surface area contributed by atoms with Crippen molar-refractivity contribution in [2.45, 2.75) is 18.9 Å². The van der Waals surface area contributed by atoms with Gasteiger partial charge in [0.2, 0.25) is 5.91 Å². The summed E-state index contributed by atoms with van der Waals surface area (Å²) in [5, 5.41) is 0.651. The van der Waals surface area contributed by atoms with Gasteiger partial charge in [0.05, 0.1) is 17.8 Å². The van der Waals surface area contributed by atoms with Gasteiger partial charge in [-0.05, 0) is 31.2 Å². The third-order valence-electron chi connectivity index (χ3n) is 4.00. The van der Waals surface area contributed by atoms with Gasteiger partial charge in [-0.3, -0.25) is 14.7 Å². The summed E-state index contributed by atoms with van der Waals surface area (Å²) < 4.78 is 0. The van der Waals surface area contributed by atoms with Crippen LogP contribution in [0, 0.1) is 0 Å². The van der Waals surface area contributed by atoms with Crippen LogP contribution >= 0.6 is 11.6 Å². The van der Waals surface area contributed by atoms with Crippen molar-refractivity contribution in [3.05, 3.63) is 53.2 Å². The molecule has 0 saturated heterocycles. The molecule has 1 aliphatic heterocycles. The van der Waals surface area contributed by atoms with Crippen LogP contribution in [0.4, 0.5) is 0 Å². The summed E-state index contributed by atoms with van der Waals surface area (Å²) in [7, 11) is 1.62. The zero-order chi connectivity index (χ0) is 16.6. The normalized spacial score (nSPS) is 21.3. The second-order valence-electron chi connectivity index (χ2n) is 5.79. The molecule has 6 heteroatoms. The molecular weight excluding hydrogens is 312 g/mol. The topological polar surface area (TPSA) is 71.6 Å². The molecule has 1 atom stereocenters. The van der Waals surface area contributed by atoms with Gasteiger partial charge in [0.25, 0.3) is 0 Å². The minimum Gasteiger partial charge on any atom is -0.369 e. The number of nitrogens with two attached hydrogens (primary N) is 1. The van der Waals surface area contributed by atoms with Gasteiger partial charge in [0.1, 0.15) is 5.54 Å². The van der Waals surface area contributed by atoms with Gasteiger partial charge in [0, 0.05) is 17.6 Å². The average molecular weight is 329 g/mol. The first-order valence-corrected chi connectivity index (χ1v) is 7.62. The summed E-state index contributed by atoms with van der Waals surface area (Å²) in [6.07, 6.45) is 0.232. The number of halogens is 1. The van der Waals surface area contributed by atoms with E-state index >= 15 is 0 Å². The van der Waals surface area contributed by atoms with E-state index in [1.165, 1.54) is 4.90 Å². The zero-order valence-corrected chi connectivity index (χ0v) is 13.7. The lowest BCUT2D eigenvalue weighted by molar-refractivity contribution is -0.128. The van der Waals surface area contributed by atoms with Crippen molar-refractivity contribution in [2.24, 2.45) is 10.7 Å². The number of carbonyl (C=O) groups excluding carboxylic acids is 1. The summed E-state index contributed by atoms with van der Waals surface area (Å²) in [6.45, 7) is 1.87. The number of aliphatic imine (C=N–C) groups is 1. The van der Waals surface area contributed by atoms with Gasteiger partial charge in [-0.2, -0.15) is 0 Å². The van der Waals surface area contributed by atoms with Crippen LogP contribution in [0.2, 0.25) is 5.02 Å². The van der Waals surface area contributed by atoms with E-state index in [2.05, 4.69) is 9.98 Å². The number of hydrogen-bond donors (Lipinski definition) is 1. The highest BCUT2D eigenvalue weighted by Crippen LogP contribution is 2.33. The monoisotopic (exact) mass is 328 g/mol. The average Bonchev–Trinajstić information content (AvgIpc) is 2.53. The third kappa shape index (κ3) is 2.92. The smallest absolute Gasteiger partial charge is 0.231 e. The molecule has 2 N–H and O–H groups in total. The number of aromatic nitrogens is 1. The van der Waals surface area contributed by atoms with Crippen molar-refractivity contribution in [3.8, 4) is 11.3 Å². The van der Waals surface area contributed by atoms with E-state index in [1.807, 2.05) is 49.4 Å². The molecule has 0 unspecified atom stereocenters. The van der Waals surface area contributed by atoms with Crippen LogP contribution in [0.1, 0.15) is 19.0 Å². The lowest BCUT2D eigenvalue weighted by Crippen LogP contribution is -2.47. The number of benzene rings is 1. The lowest BCUT2D eigenvalue weighted by Gasteiger charge is -2.32. The van der Waals surface area contributed by atoms with Crippen molar-refractivity contribution >= 4 is 23.5 Å². The van der Waals surface area contributed by atoms with Gasteiger partial charge >= 0.3 is 0 Å². The van der Waals surface area contributed by atoms with E-state index in [0.29, 0.717) is 10.7 Å². The van der Waals surface area contributed by atoms with Crippen LogP contribution in [0.25, 0.3) is 11.3 Å². The maximum absolute atomic E-state index is 12.1. The molecule has 0 spiro atoms. The van der Waals surface area contributed by atoms with Crippen molar-refractivity contribution in [1.82, 2.24) is 9.88 Å². The summed E-state index contributed by atoms with van der Waals surface area (Å²) >= 11 is 6.05. The summed E-state index contributed by atoms with van der Waals surface area (Å²) in [5.74, 6) is 0.133. The number of pyridine rings is 1. The maximum atomic E-state index is 12.1. The highest BCUT2D eigenvalue weighted by atomic mass is 35.5. The minimum absolute atomic E-state index is 0.0741. The molecule has 0 aliphatic carbocycles. The first-order valence-electron chi connectivity index (χ1n) is 7.24. The highest BCUT2D eigenvalue weighted by Gasteiger charge is 2.37. The van der Waals surface area contributed by atoms with E-state index in [-0.39, 0.29) is 18.3 Å². The Kier molecular flexibility index (Phi) is 3.82. The maximum Gasteiger partial charge on any atom is 0.231 e. The quantitative estimate of drug-likeness (QED) is 0.921. The molecule has 118 valence electrons. The van der Waals surface area contributed by atoms with Crippen LogP contribution in [0.15, 0.2) is 47.5 Å². The number of hydrogen-bond acceptors (Lipinski definition) is 4. The number of carbonyl (C=O) groups is 1. The Morgan fingerprint density at radius 2 is 2.00 bits per heavy atom. The molecule has 3 rings (SSSR count). The van der Waals surface area contributed by atoms with Crippen molar-refractivity contribution in [2.75, 3.05) is 7.05 Å². The number of nitrogens with zero attached hydrogens (tertiary/aromatic N) is 3.